The van der Waals surface area contributed by atoms with E-state index < -0.39 is 17.7 Å². The Hall–Kier alpha value is -1.87. The Kier molecular flexibility index (Phi) is 5.66. The van der Waals surface area contributed by atoms with Crippen molar-refractivity contribution in [2.24, 2.45) is 0 Å². The van der Waals surface area contributed by atoms with E-state index in [9.17, 15) is 22.8 Å². The standard InChI is InChI=1S/C15H12F3NO3S2/c16-15(17,18)10-5-3-9(4-6-10)8-11-13(22)19(14(23)24-11)7-1-2-12(20)21/h3-6,8H,1-2,7H2,(H,20,21)/b11-8+. The van der Waals surface area contributed by atoms with Crippen LogP contribution in [0.3, 0.4) is 0 Å². The Morgan fingerprint density at radius 1 is 1.29 bits per heavy atom. The van der Waals surface area contributed by atoms with Gasteiger partial charge in [0.15, 0.2) is 0 Å². The number of hydrogen-bond donors (Lipinski definition) is 1. The molecule has 0 atom stereocenters. The van der Waals surface area contributed by atoms with Crippen LogP contribution >= 0.6 is 24.0 Å². The van der Waals surface area contributed by atoms with Crippen molar-refractivity contribution in [3.63, 3.8) is 0 Å². The molecule has 1 aliphatic heterocycles. The molecule has 9 heteroatoms. The predicted molar refractivity (Wildman–Crippen MR) is 88.2 cm³/mol. The minimum Gasteiger partial charge on any atom is -0.481 e. The summed E-state index contributed by atoms with van der Waals surface area (Å²) in [6, 6.07) is 4.44. The molecule has 0 saturated carbocycles. The Labute approximate surface area is 145 Å². The molecular formula is C15H12F3NO3S2. The lowest BCUT2D eigenvalue weighted by Gasteiger charge is -2.13. The van der Waals surface area contributed by atoms with Gasteiger partial charge >= 0.3 is 12.1 Å². The second kappa shape index (κ2) is 7.35. The van der Waals surface area contributed by atoms with Crippen LogP contribution in [0.25, 0.3) is 6.08 Å². The normalized spacial score (nSPS) is 17.0. The molecule has 128 valence electrons. The number of benzene rings is 1. The van der Waals surface area contributed by atoms with Gasteiger partial charge in [0.05, 0.1) is 10.5 Å². The molecule has 0 spiro atoms. The smallest absolute Gasteiger partial charge is 0.416 e. The van der Waals surface area contributed by atoms with Gasteiger partial charge in [-0.1, -0.05) is 36.1 Å². The van der Waals surface area contributed by atoms with Gasteiger partial charge in [-0.05, 0) is 30.2 Å². The molecule has 0 aliphatic carbocycles. The van der Waals surface area contributed by atoms with Crippen molar-refractivity contribution < 1.29 is 27.9 Å². The van der Waals surface area contributed by atoms with Gasteiger partial charge in [0, 0.05) is 13.0 Å². The van der Waals surface area contributed by atoms with Gasteiger partial charge in [0.2, 0.25) is 0 Å². The second-order valence-electron chi connectivity index (χ2n) is 4.95. The van der Waals surface area contributed by atoms with Gasteiger partial charge in [-0.3, -0.25) is 14.5 Å². The molecule has 2 rings (SSSR count). The monoisotopic (exact) mass is 375 g/mol. The molecule has 0 radical (unpaired) electrons. The fourth-order valence-corrected chi connectivity index (χ4v) is 3.31. The highest BCUT2D eigenvalue weighted by atomic mass is 32.2. The summed E-state index contributed by atoms with van der Waals surface area (Å²) < 4.78 is 37.9. The van der Waals surface area contributed by atoms with Gasteiger partial charge in [-0.25, -0.2) is 0 Å². The minimum absolute atomic E-state index is 0.0744. The van der Waals surface area contributed by atoms with Gasteiger partial charge in [-0.15, -0.1) is 0 Å². The Bertz CT molecular complexity index is 699. The third-order valence-electron chi connectivity index (χ3n) is 3.18. The number of carboxylic acids is 1. The molecule has 0 aromatic heterocycles. The van der Waals surface area contributed by atoms with E-state index in [0.717, 1.165) is 23.9 Å². The molecule has 1 aromatic carbocycles. The van der Waals surface area contributed by atoms with Crippen molar-refractivity contribution >= 4 is 46.3 Å². The van der Waals surface area contributed by atoms with Crippen LogP contribution in [0.2, 0.25) is 0 Å². The van der Waals surface area contributed by atoms with E-state index >= 15 is 0 Å². The van der Waals surface area contributed by atoms with Crippen molar-refractivity contribution in [2.75, 3.05) is 6.54 Å². The van der Waals surface area contributed by atoms with Crippen LogP contribution in [0, 0.1) is 0 Å². The average Bonchev–Trinajstić information content (AvgIpc) is 2.74. The van der Waals surface area contributed by atoms with Crippen molar-refractivity contribution in [1.82, 2.24) is 4.90 Å². The molecule has 0 unspecified atom stereocenters. The SMILES string of the molecule is O=C(O)CCCN1C(=O)/C(=C\c2ccc(C(F)(F)F)cc2)SC1=S. The number of nitrogens with zero attached hydrogens (tertiary/aromatic N) is 1. The number of thioether (sulfide) groups is 1. The van der Waals surface area contributed by atoms with Crippen LogP contribution in [0.5, 0.6) is 0 Å². The summed E-state index contributed by atoms with van der Waals surface area (Å²) in [5.74, 6) is -1.32. The molecule has 1 aromatic rings. The van der Waals surface area contributed by atoms with Crippen molar-refractivity contribution in [3.8, 4) is 0 Å². The first kappa shape index (κ1) is 18.5. The first-order valence-corrected chi connectivity index (χ1v) is 8.05. The number of carboxylic acid groups (broad SMARTS) is 1. The number of carbonyl (C=O) groups is 2. The lowest BCUT2D eigenvalue weighted by Crippen LogP contribution is -2.29. The first-order valence-electron chi connectivity index (χ1n) is 6.83. The van der Waals surface area contributed by atoms with Gasteiger partial charge < -0.3 is 5.11 Å². The lowest BCUT2D eigenvalue weighted by atomic mass is 10.1. The van der Waals surface area contributed by atoms with E-state index in [1.165, 1.54) is 23.1 Å². The van der Waals surface area contributed by atoms with Crippen molar-refractivity contribution in [1.29, 1.82) is 0 Å². The number of carbonyl (C=O) groups excluding carboxylic acids is 1. The van der Waals surface area contributed by atoms with Crippen LogP contribution in [0.4, 0.5) is 13.2 Å². The van der Waals surface area contributed by atoms with E-state index in [2.05, 4.69) is 0 Å². The molecule has 1 aliphatic rings. The fraction of sp³-hybridized carbons (Fsp3) is 0.267. The van der Waals surface area contributed by atoms with E-state index in [-0.39, 0.29) is 25.3 Å². The number of aliphatic carboxylic acids is 1. The van der Waals surface area contributed by atoms with Crippen LogP contribution < -0.4 is 0 Å². The number of alkyl halides is 3. The third kappa shape index (κ3) is 4.57. The molecule has 1 amide bonds. The number of halogens is 3. The summed E-state index contributed by atoms with van der Waals surface area (Å²) in [6.07, 6.45) is -2.74. The van der Waals surface area contributed by atoms with Crippen molar-refractivity contribution in [2.45, 2.75) is 19.0 Å². The Morgan fingerprint density at radius 3 is 2.46 bits per heavy atom. The highest BCUT2D eigenvalue weighted by Gasteiger charge is 2.32. The van der Waals surface area contributed by atoms with Crippen molar-refractivity contribution in [3.05, 3.63) is 40.3 Å². The van der Waals surface area contributed by atoms with E-state index in [4.69, 9.17) is 17.3 Å². The first-order chi connectivity index (χ1) is 11.2. The molecule has 1 N–H and O–H groups in total. The van der Waals surface area contributed by atoms with E-state index in [0.29, 0.717) is 14.8 Å². The summed E-state index contributed by atoms with van der Waals surface area (Å²) in [7, 11) is 0. The Morgan fingerprint density at radius 2 is 1.92 bits per heavy atom. The predicted octanol–water partition coefficient (Wildman–Crippen LogP) is 3.77. The molecule has 0 bridgehead atoms. The highest BCUT2D eigenvalue weighted by Crippen LogP contribution is 2.33. The zero-order valence-corrected chi connectivity index (χ0v) is 13.8. The maximum atomic E-state index is 12.5. The quantitative estimate of drug-likeness (QED) is 0.627. The summed E-state index contributed by atoms with van der Waals surface area (Å²) >= 11 is 6.13. The molecule has 24 heavy (non-hydrogen) atoms. The van der Waals surface area contributed by atoms with E-state index in [1.54, 1.807) is 0 Å². The molecule has 4 nitrogen and oxygen atoms in total. The van der Waals surface area contributed by atoms with Gasteiger partial charge in [0.1, 0.15) is 4.32 Å². The maximum Gasteiger partial charge on any atom is 0.416 e. The number of amides is 1. The molecule has 1 heterocycles. The number of rotatable bonds is 5. The summed E-state index contributed by atoms with van der Waals surface area (Å²) in [6.45, 7) is 0.196. The average molecular weight is 375 g/mol. The molecular weight excluding hydrogens is 363 g/mol. The summed E-state index contributed by atoms with van der Waals surface area (Å²) in [4.78, 5) is 24.4. The number of hydrogen-bond acceptors (Lipinski definition) is 4. The summed E-state index contributed by atoms with van der Waals surface area (Å²) in [5, 5.41) is 8.61. The minimum atomic E-state index is -4.41. The fourth-order valence-electron chi connectivity index (χ4n) is 2.00. The van der Waals surface area contributed by atoms with Gasteiger partial charge in [0.25, 0.3) is 5.91 Å². The zero-order chi connectivity index (χ0) is 17.9. The maximum absolute atomic E-state index is 12.5. The van der Waals surface area contributed by atoms with E-state index in [1.807, 2.05) is 0 Å². The largest absolute Gasteiger partial charge is 0.481 e. The highest BCUT2D eigenvalue weighted by molar-refractivity contribution is 8.26. The Balaban J connectivity index is 2.09. The molecule has 1 fully saturated rings. The zero-order valence-electron chi connectivity index (χ0n) is 12.2. The topological polar surface area (TPSA) is 57.6 Å². The molecule has 1 saturated heterocycles. The summed E-state index contributed by atoms with van der Waals surface area (Å²) in [5.41, 5.74) is -0.310. The van der Waals surface area contributed by atoms with Crippen LogP contribution in [-0.2, 0) is 15.8 Å². The number of thiocarbonyl (C=S) groups is 1. The lowest BCUT2D eigenvalue weighted by molar-refractivity contribution is -0.138. The van der Waals surface area contributed by atoms with Gasteiger partial charge in [-0.2, -0.15) is 13.2 Å². The second-order valence-corrected chi connectivity index (χ2v) is 6.63. The third-order valence-corrected chi connectivity index (χ3v) is 4.56. The van der Waals surface area contributed by atoms with Crippen LogP contribution in [0.15, 0.2) is 29.2 Å². The van der Waals surface area contributed by atoms with Crippen LogP contribution in [0.1, 0.15) is 24.0 Å². The van der Waals surface area contributed by atoms with Crippen LogP contribution in [-0.4, -0.2) is 32.7 Å².